The lowest BCUT2D eigenvalue weighted by molar-refractivity contribution is 0.416. The molecule has 1 aromatic carbocycles. The van der Waals surface area contributed by atoms with Crippen molar-refractivity contribution < 1.29 is 4.74 Å². The highest BCUT2D eigenvalue weighted by molar-refractivity contribution is 9.10. The van der Waals surface area contributed by atoms with Crippen LogP contribution in [0.25, 0.3) is 0 Å². The number of halogens is 1. The molecular weight excluding hydrogens is 332 g/mol. The first kappa shape index (κ1) is 15.6. The third kappa shape index (κ3) is 3.44. The predicted molar refractivity (Wildman–Crippen MR) is 89.7 cm³/mol. The molecule has 1 heterocycles. The Bertz CT molecular complexity index is 646. The minimum Gasteiger partial charge on any atom is -0.495 e. The van der Waals surface area contributed by atoms with Gasteiger partial charge in [-0.25, -0.2) is 9.97 Å². The first-order valence-corrected chi connectivity index (χ1v) is 7.54. The molecule has 0 radical (unpaired) electrons. The highest BCUT2D eigenvalue weighted by Crippen LogP contribution is 2.32. The smallest absolute Gasteiger partial charge is 0.142 e. The number of rotatable bonds is 5. The van der Waals surface area contributed by atoms with Gasteiger partial charge in [-0.05, 0) is 25.1 Å². The molecule has 6 heteroatoms. The zero-order valence-corrected chi connectivity index (χ0v) is 14.2. The zero-order valence-electron chi connectivity index (χ0n) is 12.6. The van der Waals surface area contributed by atoms with Crippen molar-refractivity contribution in [2.75, 3.05) is 24.8 Å². The molecular formula is C15H19BrN4O. The third-order valence-corrected chi connectivity index (χ3v) is 3.65. The molecule has 0 unspecified atom stereocenters. The second kappa shape index (κ2) is 6.76. The van der Waals surface area contributed by atoms with Gasteiger partial charge in [0.2, 0.25) is 0 Å². The van der Waals surface area contributed by atoms with Crippen LogP contribution in [0.3, 0.4) is 0 Å². The van der Waals surface area contributed by atoms with E-state index in [2.05, 4.69) is 36.5 Å². The van der Waals surface area contributed by atoms with Crippen LogP contribution in [-0.2, 0) is 6.42 Å². The molecule has 0 spiro atoms. The van der Waals surface area contributed by atoms with Crippen molar-refractivity contribution in [1.82, 2.24) is 9.97 Å². The van der Waals surface area contributed by atoms with Crippen LogP contribution >= 0.6 is 15.9 Å². The first-order chi connectivity index (χ1) is 10.1. The standard InChI is InChI=1S/C15H19BrN4O/c1-5-13-19-14(17-3)9(2)15(20-13)18-11-8-10(16)6-7-12(11)21-4/h6-8H,5H2,1-4H3,(H2,17,18,19,20). The van der Waals surface area contributed by atoms with E-state index < -0.39 is 0 Å². The van der Waals surface area contributed by atoms with Gasteiger partial charge in [0, 0.05) is 23.5 Å². The molecule has 0 bridgehead atoms. The third-order valence-electron chi connectivity index (χ3n) is 3.16. The van der Waals surface area contributed by atoms with Crippen molar-refractivity contribution >= 4 is 33.3 Å². The molecule has 5 nitrogen and oxygen atoms in total. The molecule has 0 atom stereocenters. The number of hydrogen-bond acceptors (Lipinski definition) is 5. The van der Waals surface area contributed by atoms with Gasteiger partial charge >= 0.3 is 0 Å². The molecule has 2 aromatic rings. The lowest BCUT2D eigenvalue weighted by Crippen LogP contribution is -2.07. The fourth-order valence-corrected chi connectivity index (χ4v) is 2.35. The van der Waals surface area contributed by atoms with E-state index in [9.17, 15) is 0 Å². The van der Waals surface area contributed by atoms with Gasteiger partial charge in [-0.1, -0.05) is 22.9 Å². The lowest BCUT2D eigenvalue weighted by atomic mass is 10.2. The zero-order chi connectivity index (χ0) is 15.4. The van der Waals surface area contributed by atoms with Crippen molar-refractivity contribution in [1.29, 1.82) is 0 Å². The average molecular weight is 351 g/mol. The molecule has 112 valence electrons. The van der Waals surface area contributed by atoms with Gasteiger partial charge < -0.3 is 15.4 Å². The number of methoxy groups -OCH3 is 1. The van der Waals surface area contributed by atoms with Crippen molar-refractivity contribution in [3.05, 3.63) is 34.1 Å². The molecule has 0 aliphatic carbocycles. The van der Waals surface area contributed by atoms with Gasteiger partial charge in [-0.3, -0.25) is 0 Å². The summed E-state index contributed by atoms with van der Waals surface area (Å²) < 4.78 is 6.36. The van der Waals surface area contributed by atoms with E-state index in [1.807, 2.05) is 39.1 Å². The minimum atomic E-state index is 0.764. The lowest BCUT2D eigenvalue weighted by Gasteiger charge is -2.15. The Balaban J connectivity index is 2.46. The predicted octanol–water partition coefficient (Wildman–Crippen LogP) is 3.90. The second-order valence-electron chi connectivity index (χ2n) is 4.54. The Morgan fingerprint density at radius 1 is 1.24 bits per heavy atom. The van der Waals surface area contributed by atoms with Crippen LogP contribution in [0.4, 0.5) is 17.3 Å². The Morgan fingerprint density at radius 3 is 2.57 bits per heavy atom. The monoisotopic (exact) mass is 350 g/mol. The molecule has 0 saturated heterocycles. The van der Waals surface area contributed by atoms with E-state index in [-0.39, 0.29) is 0 Å². The topological polar surface area (TPSA) is 59.1 Å². The van der Waals surface area contributed by atoms with Crippen LogP contribution in [0.2, 0.25) is 0 Å². The number of aromatic nitrogens is 2. The largest absolute Gasteiger partial charge is 0.495 e. The molecule has 0 fully saturated rings. The SMILES string of the molecule is CCc1nc(NC)c(C)c(Nc2cc(Br)ccc2OC)n1. The molecule has 0 aliphatic rings. The van der Waals surface area contributed by atoms with Crippen LogP contribution < -0.4 is 15.4 Å². The average Bonchev–Trinajstić information content (AvgIpc) is 2.49. The fourth-order valence-electron chi connectivity index (χ4n) is 1.99. The summed E-state index contributed by atoms with van der Waals surface area (Å²) in [5.41, 5.74) is 1.83. The van der Waals surface area contributed by atoms with Crippen molar-refractivity contribution in [3.63, 3.8) is 0 Å². The maximum Gasteiger partial charge on any atom is 0.142 e. The van der Waals surface area contributed by atoms with E-state index >= 15 is 0 Å². The molecule has 0 amide bonds. The molecule has 1 aromatic heterocycles. The van der Waals surface area contributed by atoms with Gasteiger partial charge in [0.25, 0.3) is 0 Å². The van der Waals surface area contributed by atoms with Gasteiger partial charge in [0.15, 0.2) is 0 Å². The number of ether oxygens (including phenoxy) is 1. The number of benzene rings is 1. The molecule has 0 saturated carbocycles. The number of aryl methyl sites for hydroxylation is 1. The number of hydrogen-bond donors (Lipinski definition) is 2. The maximum atomic E-state index is 5.38. The Morgan fingerprint density at radius 2 is 1.95 bits per heavy atom. The Hall–Kier alpha value is -1.82. The summed E-state index contributed by atoms with van der Waals surface area (Å²) in [5.74, 6) is 3.17. The van der Waals surface area contributed by atoms with Crippen LogP contribution in [0.1, 0.15) is 18.3 Å². The van der Waals surface area contributed by atoms with Gasteiger partial charge in [0.1, 0.15) is 23.2 Å². The molecule has 0 aliphatic heterocycles. The summed E-state index contributed by atoms with van der Waals surface area (Å²) in [6, 6.07) is 5.81. The van der Waals surface area contributed by atoms with E-state index in [1.54, 1.807) is 7.11 Å². The summed E-state index contributed by atoms with van der Waals surface area (Å²) in [4.78, 5) is 9.04. The van der Waals surface area contributed by atoms with Crippen molar-refractivity contribution in [3.8, 4) is 5.75 Å². The maximum absolute atomic E-state index is 5.38. The molecule has 2 rings (SSSR count). The number of anilines is 3. The molecule has 21 heavy (non-hydrogen) atoms. The first-order valence-electron chi connectivity index (χ1n) is 6.74. The summed E-state index contributed by atoms with van der Waals surface area (Å²) in [6.07, 6.45) is 0.777. The minimum absolute atomic E-state index is 0.764. The van der Waals surface area contributed by atoms with Crippen LogP contribution in [-0.4, -0.2) is 24.1 Å². The normalized spacial score (nSPS) is 10.3. The van der Waals surface area contributed by atoms with E-state index in [1.165, 1.54) is 0 Å². The van der Waals surface area contributed by atoms with E-state index in [4.69, 9.17) is 4.74 Å². The van der Waals surface area contributed by atoms with Gasteiger partial charge in [-0.15, -0.1) is 0 Å². The second-order valence-corrected chi connectivity index (χ2v) is 5.45. The summed E-state index contributed by atoms with van der Waals surface area (Å²) in [5, 5.41) is 6.44. The summed E-state index contributed by atoms with van der Waals surface area (Å²) >= 11 is 3.47. The highest BCUT2D eigenvalue weighted by Gasteiger charge is 2.12. The summed E-state index contributed by atoms with van der Waals surface area (Å²) in [6.45, 7) is 4.02. The Labute approximate surface area is 133 Å². The van der Waals surface area contributed by atoms with Gasteiger partial charge in [0.05, 0.1) is 12.8 Å². The number of nitrogens with zero attached hydrogens (tertiary/aromatic N) is 2. The van der Waals surface area contributed by atoms with E-state index in [0.29, 0.717) is 0 Å². The van der Waals surface area contributed by atoms with Crippen LogP contribution in [0, 0.1) is 6.92 Å². The molecule has 2 N–H and O–H groups in total. The van der Waals surface area contributed by atoms with Crippen LogP contribution in [0.5, 0.6) is 5.75 Å². The number of nitrogens with one attached hydrogen (secondary N) is 2. The van der Waals surface area contributed by atoms with E-state index in [0.717, 1.165) is 45.4 Å². The fraction of sp³-hybridized carbons (Fsp3) is 0.333. The van der Waals surface area contributed by atoms with Crippen LogP contribution in [0.15, 0.2) is 22.7 Å². The highest BCUT2D eigenvalue weighted by atomic mass is 79.9. The van der Waals surface area contributed by atoms with Crippen molar-refractivity contribution in [2.45, 2.75) is 20.3 Å². The van der Waals surface area contributed by atoms with Gasteiger partial charge in [-0.2, -0.15) is 0 Å². The quantitative estimate of drug-likeness (QED) is 0.856. The summed E-state index contributed by atoms with van der Waals surface area (Å²) in [7, 11) is 3.51. The Kier molecular flexibility index (Phi) is 5.01. The van der Waals surface area contributed by atoms with Crippen molar-refractivity contribution in [2.24, 2.45) is 0 Å².